The Kier molecular flexibility index (Phi) is 4.22. The van der Waals surface area contributed by atoms with E-state index < -0.39 is 0 Å². The lowest BCUT2D eigenvalue weighted by molar-refractivity contribution is -0.114. The number of rotatable bonds is 4. The molecule has 0 atom stereocenters. The molecule has 0 saturated heterocycles. The maximum Gasteiger partial charge on any atom is 0.239 e. The maximum absolute atomic E-state index is 11.3. The summed E-state index contributed by atoms with van der Waals surface area (Å²) in [4.78, 5) is 19.8. The van der Waals surface area contributed by atoms with Gasteiger partial charge in [0.2, 0.25) is 5.91 Å². The normalized spacial score (nSPS) is 10.4. The van der Waals surface area contributed by atoms with Gasteiger partial charge in [0.15, 0.2) is 5.13 Å². The number of pyridine rings is 1. The Morgan fingerprint density at radius 3 is 2.77 bits per heavy atom. The van der Waals surface area contributed by atoms with E-state index in [0.29, 0.717) is 5.13 Å². The molecule has 110 valence electrons. The summed E-state index contributed by atoms with van der Waals surface area (Å²) in [6, 6.07) is 12.0. The van der Waals surface area contributed by atoms with Crippen molar-refractivity contribution in [2.75, 3.05) is 11.9 Å². The highest BCUT2D eigenvalue weighted by atomic mass is 32.1. The van der Waals surface area contributed by atoms with Crippen LogP contribution in [-0.2, 0) is 4.79 Å². The van der Waals surface area contributed by atoms with Crippen LogP contribution in [0.25, 0.3) is 22.4 Å². The molecule has 22 heavy (non-hydrogen) atoms. The van der Waals surface area contributed by atoms with E-state index in [2.05, 4.69) is 21.4 Å². The summed E-state index contributed by atoms with van der Waals surface area (Å²) in [5.41, 5.74) is 9.22. The lowest BCUT2D eigenvalue weighted by Gasteiger charge is -2.03. The third kappa shape index (κ3) is 3.19. The fourth-order valence-electron chi connectivity index (χ4n) is 2.03. The lowest BCUT2D eigenvalue weighted by atomic mass is 10.0. The van der Waals surface area contributed by atoms with Crippen molar-refractivity contribution in [1.82, 2.24) is 9.97 Å². The molecular formula is C16H14N4OS. The van der Waals surface area contributed by atoms with Gasteiger partial charge in [-0.2, -0.15) is 0 Å². The van der Waals surface area contributed by atoms with Crippen LogP contribution in [0.3, 0.4) is 0 Å². The summed E-state index contributed by atoms with van der Waals surface area (Å²) in [6.45, 7) is -0.0502. The number of hydrogen-bond acceptors (Lipinski definition) is 5. The number of nitrogens with zero attached hydrogens (tertiary/aromatic N) is 2. The average Bonchev–Trinajstić information content (AvgIpc) is 3.04. The Balaban J connectivity index is 1.88. The third-order valence-electron chi connectivity index (χ3n) is 3.09. The van der Waals surface area contributed by atoms with Gasteiger partial charge in [-0.25, -0.2) is 4.98 Å². The van der Waals surface area contributed by atoms with E-state index >= 15 is 0 Å². The molecule has 0 unspecified atom stereocenters. The topological polar surface area (TPSA) is 80.9 Å². The van der Waals surface area contributed by atoms with Crippen LogP contribution in [0.1, 0.15) is 0 Å². The highest BCUT2D eigenvalue weighted by Crippen LogP contribution is 2.28. The number of nitrogens with one attached hydrogen (secondary N) is 1. The van der Waals surface area contributed by atoms with Crippen LogP contribution < -0.4 is 11.1 Å². The third-order valence-corrected chi connectivity index (χ3v) is 3.85. The van der Waals surface area contributed by atoms with Crippen LogP contribution in [0.2, 0.25) is 0 Å². The average molecular weight is 310 g/mol. The predicted octanol–water partition coefficient (Wildman–Crippen LogP) is 2.77. The van der Waals surface area contributed by atoms with E-state index in [-0.39, 0.29) is 12.5 Å². The van der Waals surface area contributed by atoms with Crippen LogP contribution in [0.4, 0.5) is 5.13 Å². The molecule has 1 amide bonds. The predicted molar refractivity (Wildman–Crippen MR) is 88.5 cm³/mol. The van der Waals surface area contributed by atoms with Gasteiger partial charge in [-0.05, 0) is 17.7 Å². The van der Waals surface area contributed by atoms with Gasteiger partial charge in [-0.3, -0.25) is 9.78 Å². The molecule has 6 heteroatoms. The minimum Gasteiger partial charge on any atom is -0.322 e. The first-order valence-electron chi connectivity index (χ1n) is 6.72. The first-order valence-corrected chi connectivity index (χ1v) is 7.60. The lowest BCUT2D eigenvalue weighted by Crippen LogP contribution is -2.21. The second-order valence-corrected chi connectivity index (χ2v) is 5.47. The fraction of sp³-hybridized carbons (Fsp3) is 0.0625. The standard InChI is InChI=1S/C16H14N4OS/c17-8-15(21)20-16-19-14(10-22-16)12-4-1-3-11(7-12)13-5-2-6-18-9-13/h1-7,9-10H,8,17H2,(H,19,20,21). The van der Waals surface area contributed by atoms with Crippen LogP contribution >= 0.6 is 11.3 Å². The van der Waals surface area contributed by atoms with Gasteiger partial charge in [-0.15, -0.1) is 11.3 Å². The summed E-state index contributed by atoms with van der Waals surface area (Å²) in [6.07, 6.45) is 3.58. The zero-order chi connectivity index (χ0) is 15.4. The van der Waals surface area contributed by atoms with Gasteiger partial charge in [0.05, 0.1) is 12.2 Å². The molecule has 3 aromatic rings. The fourth-order valence-corrected chi connectivity index (χ4v) is 2.76. The second kappa shape index (κ2) is 6.46. The molecule has 0 aliphatic carbocycles. The van der Waals surface area contributed by atoms with E-state index in [4.69, 9.17) is 5.73 Å². The first-order chi connectivity index (χ1) is 10.8. The largest absolute Gasteiger partial charge is 0.322 e. The molecule has 0 radical (unpaired) electrons. The number of hydrogen-bond donors (Lipinski definition) is 2. The molecule has 0 spiro atoms. The van der Waals surface area contributed by atoms with Crippen molar-refractivity contribution in [2.45, 2.75) is 0 Å². The molecule has 3 rings (SSSR count). The molecule has 0 aliphatic rings. The minimum atomic E-state index is -0.245. The van der Waals surface area contributed by atoms with E-state index in [0.717, 1.165) is 22.4 Å². The zero-order valence-corrected chi connectivity index (χ0v) is 12.5. The highest BCUT2D eigenvalue weighted by Gasteiger charge is 2.08. The Morgan fingerprint density at radius 2 is 2.00 bits per heavy atom. The minimum absolute atomic E-state index is 0.0502. The van der Waals surface area contributed by atoms with Crippen molar-refractivity contribution < 1.29 is 4.79 Å². The number of thiazole rings is 1. The van der Waals surface area contributed by atoms with E-state index in [1.54, 1.807) is 6.20 Å². The Labute approximate surface area is 131 Å². The highest BCUT2D eigenvalue weighted by molar-refractivity contribution is 7.14. The second-order valence-electron chi connectivity index (χ2n) is 4.61. The monoisotopic (exact) mass is 310 g/mol. The summed E-state index contributed by atoms with van der Waals surface area (Å²) in [7, 11) is 0. The quantitative estimate of drug-likeness (QED) is 0.776. The number of benzene rings is 1. The number of anilines is 1. The molecule has 0 fully saturated rings. The molecule has 0 aliphatic heterocycles. The van der Waals surface area contributed by atoms with E-state index in [1.807, 2.05) is 41.9 Å². The molecule has 2 heterocycles. The van der Waals surface area contributed by atoms with Gasteiger partial charge in [0, 0.05) is 28.9 Å². The van der Waals surface area contributed by atoms with Crippen LogP contribution in [0.5, 0.6) is 0 Å². The van der Waals surface area contributed by atoms with Gasteiger partial charge in [0.1, 0.15) is 0 Å². The molecule has 1 aromatic carbocycles. The summed E-state index contributed by atoms with van der Waals surface area (Å²) < 4.78 is 0. The summed E-state index contributed by atoms with van der Waals surface area (Å²) in [5.74, 6) is -0.245. The maximum atomic E-state index is 11.3. The molecule has 2 aromatic heterocycles. The van der Waals surface area contributed by atoms with Crippen molar-refractivity contribution >= 4 is 22.4 Å². The van der Waals surface area contributed by atoms with Crippen LogP contribution in [0.15, 0.2) is 54.2 Å². The van der Waals surface area contributed by atoms with Crippen LogP contribution in [0, 0.1) is 0 Å². The van der Waals surface area contributed by atoms with Crippen molar-refractivity contribution in [2.24, 2.45) is 5.73 Å². The number of carbonyl (C=O) groups excluding carboxylic acids is 1. The molecule has 3 N–H and O–H groups in total. The van der Waals surface area contributed by atoms with Gasteiger partial charge in [0.25, 0.3) is 0 Å². The van der Waals surface area contributed by atoms with Crippen molar-refractivity contribution in [3.05, 3.63) is 54.2 Å². The van der Waals surface area contributed by atoms with E-state index in [1.165, 1.54) is 11.3 Å². The van der Waals surface area contributed by atoms with Gasteiger partial charge < -0.3 is 11.1 Å². The zero-order valence-electron chi connectivity index (χ0n) is 11.7. The number of nitrogens with two attached hydrogens (primary N) is 1. The van der Waals surface area contributed by atoms with Crippen molar-refractivity contribution in [3.8, 4) is 22.4 Å². The smallest absolute Gasteiger partial charge is 0.239 e. The molecule has 0 bridgehead atoms. The van der Waals surface area contributed by atoms with Gasteiger partial charge >= 0.3 is 0 Å². The Morgan fingerprint density at radius 1 is 1.18 bits per heavy atom. The SMILES string of the molecule is NCC(=O)Nc1nc(-c2cccc(-c3cccnc3)c2)cs1. The van der Waals surface area contributed by atoms with Gasteiger partial charge in [-0.1, -0.05) is 24.3 Å². The summed E-state index contributed by atoms with van der Waals surface area (Å²) in [5, 5.41) is 5.13. The molecule has 5 nitrogen and oxygen atoms in total. The Hall–Kier alpha value is -2.57. The van der Waals surface area contributed by atoms with E-state index in [9.17, 15) is 4.79 Å². The number of amides is 1. The number of carbonyl (C=O) groups is 1. The van der Waals surface area contributed by atoms with Crippen LogP contribution in [-0.4, -0.2) is 22.4 Å². The molecular weight excluding hydrogens is 296 g/mol. The van der Waals surface area contributed by atoms with Crippen molar-refractivity contribution in [1.29, 1.82) is 0 Å². The first kappa shape index (κ1) is 14.4. The number of aromatic nitrogens is 2. The summed E-state index contributed by atoms with van der Waals surface area (Å²) >= 11 is 1.38. The Bertz CT molecular complexity index is 786. The molecule has 0 saturated carbocycles. The van der Waals surface area contributed by atoms with Crippen molar-refractivity contribution in [3.63, 3.8) is 0 Å².